The Morgan fingerprint density at radius 1 is 1.04 bits per heavy atom. The third kappa shape index (κ3) is 4.61. The fourth-order valence-electron chi connectivity index (χ4n) is 2.57. The molecule has 2 aromatic carbocycles. The molecule has 0 bridgehead atoms. The van der Waals surface area contributed by atoms with Gasteiger partial charge >= 0.3 is 0 Å². The Hall–Kier alpha value is -1.75. The highest BCUT2D eigenvalue weighted by atomic mass is 35.5. The Kier molecular flexibility index (Phi) is 7.36. The summed E-state index contributed by atoms with van der Waals surface area (Å²) in [6, 6.07) is 13.0. The van der Waals surface area contributed by atoms with Crippen molar-refractivity contribution in [2.75, 3.05) is 14.2 Å². The number of halogens is 1. The summed E-state index contributed by atoms with van der Waals surface area (Å²) in [6.45, 7) is 1.96. The number of methoxy groups -OCH3 is 2. The van der Waals surface area contributed by atoms with Crippen LogP contribution >= 0.6 is 12.4 Å². The molecule has 0 aliphatic carbocycles. The van der Waals surface area contributed by atoms with Gasteiger partial charge in [0.1, 0.15) is 11.5 Å². The Morgan fingerprint density at radius 2 is 1.57 bits per heavy atom. The van der Waals surface area contributed by atoms with E-state index in [0.717, 1.165) is 11.1 Å². The van der Waals surface area contributed by atoms with Crippen molar-refractivity contribution in [3.05, 3.63) is 59.2 Å². The monoisotopic (exact) mass is 337 g/mol. The zero-order valence-corrected chi connectivity index (χ0v) is 14.5. The SMILES string of the molecule is COc1cc(C)cc(OC)c1[C@@H](N)[C@@H](O)Cc1ccccc1.Cl. The Morgan fingerprint density at radius 3 is 2.04 bits per heavy atom. The van der Waals surface area contributed by atoms with Crippen LogP contribution in [0.2, 0.25) is 0 Å². The van der Waals surface area contributed by atoms with Crippen molar-refractivity contribution in [1.82, 2.24) is 0 Å². The first kappa shape index (κ1) is 19.3. The molecule has 2 rings (SSSR count). The summed E-state index contributed by atoms with van der Waals surface area (Å²) in [7, 11) is 3.18. The van der Waals surface area contributed by atoms with Crippen molar-refractivity contribution in [3.63, 3.8) is 0 Å². The third-order valence-electron chi connectivity index (χ3n) is 3.72. The van der Waals surface area contributed by atoms with Gasteiger partial charge in [-0.15, -0.1) is 12.4 Å². The van der Waals surface area contributed by atoms with Crippen LogP contribution < -0.4 is 15.2 Å². The molecule has 0 aromatic heterocycles. The first-order valence-corrected chi connectivity index (χ1v) is 7.27. The smallest absolute Gasteiger partial charge is 0.127 e. The lowest BCUT2D eigenvalue weighted by molar-refractivity contribution is 0.142. The fraction of sp³-hybridized carbons (Fsp3) is 0.333. The zero-order chi connectivity index (χ0) is 16.1. The molecular formula is C18H24ClNO3. The lowest BCUT2D eigenvalue weighted by Gasteiger charge is -2.24. The summed E-state index contributed by atoms with van der Waals surface area (Å²) in [5.41, 5.74) is 9.03. The van der Waals surface area contributed by atoms with Gasteiger partial charge < -0.3 is 20.3 Å². The molecule has 0 aliphatic heterocycles. The van der Waals surface area contributed by atoms with Gasteiger partial charge in [-0.2, -0.15) is 0 Å². The molecule has 23 heavy (non-hydrogen) atoms. The van der Waals surface area contributed by atoms with Crippen LogP contribution in [-0.4, -0.2) is 25.4 Å². The van der Waals surface area contributed by atoms with Gasteiger partial charge in [0.2, 0.25) is 0 Å². The van der Waals surface area contributed by atoms with Gasteiger partial charge in [-0.3, -0.25) is 0 Å². The molecule has 126 valence electrons. The van der Waals surface area contributed by atoms with Gasteiger partial charge in [0, 0.05) is 6.42 Å². The maximum Gasteiger partial charge on any atom is 0.127 e. The molecule has 3 N–H and O–H groups in total. The molecule has 0 radical (unpaired) electrons. The normalized spacial score (nSPS) is 12.9. The van der Waals surface area contributed by atoms with Crippen molar-refractivity contribution in [3.8, 4) is 11.5 Å². The summed E-state index contributed by atoms with van der Waals surface area (Å²) in [4.78, 5) is 0. The number of rotatable bonds is 6. The van der Waals surface area contributed by atoms with E-state index < -0.39 is 12.1 Å². The molecule has 0 saturated carbocycles. The van der Waals surface area contributed by atoms with E-state index in [4.69, 9.17) is 15.2 Å². The maximum atomic E-state index is 10.5. The summed E-state index contributed by atoms with van der Waals surface area (Å²) in [6.07, 6.45) is -0.254. The Labute approximate surface area is 143 Å². The van der Waals surface area contributed by atoms with E-state index in [-0.39, 0.29) is 12.4 Å². The van der Waals surface area contributed by atoms with E-state index >= 15 is 0 Å². The van der Waals surface area contributed by atoms with Crippen LogP contribution in [0.15, 0.2) is 42.5 Å². The second kappa shape index (κ2) is 8.77. The molecule has 5 heteroatoms. The summed E-state index contributed by atoms with van der Waals surface area (Å²) in [5.74, 6) is 1.27. The van der Waals surface area contributed by atoms with Crippen LogP contribution in [-0.2, 0) is 6.42 Å². The van der Waals surface area contributed by atoms with Gasteiger partial charge in [0.15, 0.2) is 0 Å². The van der Waals surface area contributed by atoms with Crippen LogP contribution in [0.4, 0.5) is 0 Å². The van der Waals surface area contributed by atoms with E-state index in [1.54, 1.807) is 14.2 Å². The molecule has 0 aliphatic rings. The summed E-state index contributed by atoms with van der Waals surface area (Å²) >= 11 is 0. The number of aryl methyl sites for hydroxylation is 1. The molecular weight excluding hydrogens is 314 g/mol. The third-order valence-corrected chi connectivity index (χ3v) is 3.72. The topological polar surface area (TPSA) is 64.7 Å². The first-order valence-electron chi connectivity index (χ1n) is 7.27. The van der Waals surface area contributed by atoms with Crippen LogP contribution in [0.5, 0.6) is 11.5 Å². The lowest BCUT2D eigenvalue weighted by Crippen LogP contribution is -2.29. The molecule has 0 heterocycles. The maximum absolute atomic E-state index is 10.5. The van der Waals surface area contributed by atoms with E-state index in [0.29, 0.717) is 23.5 Å². The van der Waals surface area contributed by atoms with E-state index in [1.807, 2.05) is 49.4 Å². The predicted octanol–water partition coefficient (Wildman–Crippen LogP) is 3.04. The molecule has 0 unspecified atom stereocenters. The van der Waals surface area contributed by atoms with Crippen molar-refractivity contribution < 1.29 is 14.6 Å². The van der Waals surface area contributed by atoms with Crippen molar-refractivity contribution >= 4 is 12.4 Å². The van der Waals surface area contributed by atoms with Crippen LogP contribution in [0, 0.1) is 6.92 Å². The Bertz CT molecular complexity index is 594. The molecule has 0 amide bonds. The molecule has 2 aromatic rings. The number of aliphatic hydroxyl groups is 1. The highest BCUT2D eigenvalue weighted by Gasteiger charge is 2.25. The number of aliphatic hydroxyl groups excluding tert-OH is 1. The van der Waals surface area contributed by atoms with Crippen molar-refractivity contribution in [1.29, 1.82) is 0 Å². The zero-order valence-electron chi connectivity index (χ0n) is 13.7. The molecule has 0 fully saturated rings. The van der Waals surface area contributed by atoms with Gasteiger partial charge in [-0.25, -0.2) is 0 Å². The highest BCUT2D eigenvalue weighted by Crippen LogP contribution is 2.36. The predicted molar refractivity (Wildman–Crippen MR) is 94.6 cm³/mol. The second-order valence-electron chi connectivity index (χ2n) is 5.37. The Balaban J connectivity index is 0.00000264. The summed E-state index contributed by atoms with van der Waals surface area (Å²) < 4.78 is 10.8. The lowest BCUT2D eigenvalue weighted by atomic mass is 9.94. The van der Waals surface area contributed by atoms with E-state index in [1.165, 1.54) is 0 Å². The van der Waals surface area contributed by atoms with E-state index in [9.17, 15) is 5.11 Å². The number of hydrogen-bond donors (Lipinski definition) is 2. The summed E-state index contributed by atoms with van der Waals surface area (Å²) in [5, 5.41) is 10.5. The largest absolute Gasteiger partial charge is 0.496 e. The molecule has 0 saturated heterocycles. The molecule has 2 atom stereocenters. The second-order valence-corrected chi connectivity index (χ2v) is 5.37. The van der Waals surface area contributed by atoms with Crippen LogP contribution in [0.3, 0.4) is 0 Å². The van der Waals surface area contributed by atoms with Gasteiger partial charge in [0.05, 0.1) is 31.9 Å². The fourth-order valence-corrected chi connectivity index (χ4v) is 2.57. The van der Waals surface area contributed by atoms with Crippen molar-refractivity contribution in [2.45, 2.75) is 25.5 Å². The van der Waals surface area contributed by atoms with Gasteiger partial charge in [-0.1, -0.05) is 30.3 Å². The van der Waals surface area contributed by atoms with Crippen LogP contribution in [0.25, 0.3) is 0 Å². The average molecular weight is 338 g/mol. The van der Waals surface area contributed by atoms with E-state index in [2.05, 4.69) is 0 Å². The standard InChI is InChI=1S/C18H23NO3.ClH/c1-12-9-15(21-2)17(16(10-12)22-3)18(19)14(20)11-13-7-5-4-6-8-13;/h4-10,14,18,20H,11,19H2,1-3H3;1H/t14-,18-;/m0./s1. The molecule has 4 nitrogen and oxygen atoms in total. The van der Waals surface area contributed by atoms with Gasteiger partial charge in [-0.05, 0) is 30.2 Å². The quantitative estimate of drug-likeness (QED) is 0.850. The van der Waals surface area contributed by atoms with Crippen LogP contribution in [0.1, 0.15) is 22.7 Å². The van der Waals surface area contributed by atoms with Gasteiger partial charge in [0.25, 0.3) is 0 Å². The first-order chi connectivity index (χ1) is 10.6. The number of benzene rings is 2. The number of hydrogen-bond acceptors (Lipinski definition) is 4. The minimum atomic E-state index is -0.729. The number of ether oxygens (including phenoxy) is 2. The average Bonchev–Trinajstić information content (AvgIpc) is 2.54. The number of nitrogens with two attached hydrogens (primary N) is 1. The minimum Gasteiger partial charge on any atom is -0.496 e. The van der Waals surface area contributed by atoms with Crippen molar-refractivity contribution in [2.24, 2.45) is 5.73 Å². The highest BCUT2D eigenvalue weighted by molar-refractivity contribution is 5.85. The minimum absolute atomic E-state index is 0. The molecule has 0 spiro atoms.